The first-order valence-electron chi connectivity index (χ1n) is 8.63. The minimum Gasteiger partial charge on any atom is -0.369 e. The molecule has 1 unspecified atom stereocenters. The van der Waals surface area contributed by atoms with E-state index in [1.807, 2.05) is 55.5 Å². The maximum Gasteiger partial charge on any atom is 0.244 e. The summed E-state index contributed by atoms with van der Waals surface area (Å²) >= 11 is 0. The molecule has 0 spiro atoms. The summed E-state index contributed by atoms with van der Waals surface area (Å²) in [5, 5.41) is 11.5. The Hall–Kier alpha value is -3.67. The number of nitrogens with one attached hydrogen (secondary N) is 2. The van der Waals surface area contributed by atoms with Gasteiger partial charge in [-0.05, 0) is 36.2 Å². The molecule has 27 heavy (non-hydrogen) atoms. The van der Waals surface area contributed by atoms with Crippen LogP contribution < -0.4 is 11.1 Å². The number of aryl methyl sites for hydroxylation is 1. The van der Waals surface area contributed by atoms with Gasteiger partial charge in [0.1, 0.15) is 6.04 Å². The fraction of sp³-hybridized carbons (Fsp3) is 0.0952. The second-order valence-corrected chi connectivity index (χ2v) is 6.42. The molecule has 2 aromatic heterocycles. The minimum absolute atomic E-state index is 0.443. The summed E-state index contributed by atoms with van der Waals surface area (Å²) in [5.41, 5.74) is 11.1. The summed E-state index contributed by atoms with van der Waals surface area (Å²) in [4.78, 5) is 16.3. The Kier molecular flexibility index (Phi) is 4.30. The van der Waals surface area contributed by atoms with Crippen LogP contribution in [0.4, 0.5) is 5.69 Å². The molecule has 0 saturated heterocycles. The number of aromatic amines is 1. The lowest BCUT2D eigenvalue weighted by Crippen LogP contribution is -2.27. The van der Waals surface area contributed by atoms with Crippen LogP contribution >= 0.6 is 0 Å². The number of primary amides is 1. The van der Waals surface area contributed by atoms with E-state index < -0.39 is 11.9 Å². The molecule has 0 aliphatic carbocycles. The fourth-order valence-corrected chi connectivity index (χ4v) is 3.13. The van der Waals surface area contributed by atoms with Crippen molar-refractivity contribution in [3.63, 3.8) is 0 Å². The third kappa shape index (κ3) is 3.37. The number of amides is 1. The standard InChI is InChI=1S/C21H19N5O/c1-13-18-10-15(7-8-19(18)26-25-13)16-9-17(12-23-11-16)24-20(21(22)27)14-5-3-2-4-6-14/h2-12,20,24H,1H3,(H2,22,27)(H,25,26). The first-order valence-corrected chi connectivity index (χ1v) is 8.63. The van der Waals surface area contributed by atoms with Crippen LogP contribution in [0.25, 0.3) is 22.0 Å². The number of carbonyl (C=O) groups excluding carboxylic acids is 1. The molecule has 0 aliphatic rings. The number of nitrogens with two attached hydrogens (primary N) is 1. The predicted octanol–water partition coefficient (Wildman–Crippen LogP) is 3.57. The second-order valence-electron chi connectivity index (χ2n) is 6.42. The fourth-order valence-electron chi connectivity index (χ4n) is 3.13. The first kappa shape index (κ1) is 16.8. The van der Waals surface area contributed by atoms with Crippen molar-refractivity contribution in [1.82, 2.24) is 15.2 Å². The normalized spacial score (nSPS) is 12.0. The van der Waals surface area contributed by atoms with Gasteiger partial charge in [0.15, 0.2) is 0 Å². The highest BCUT2D eigenvalue weighted by atomic mass is 16.1. The largest absolute Gasteiger partial charge is 0.369 e. The monoisotopic (exact) mass is 357 g/mol. The number of carbonyl (C=O) groups is 1. The average Bonchev–Trinajstić information content (AvgIpc) is 3.07. The summed E-state index contributed by atoms with van der Waals surface area (Å²) in [7, 11) is 0. The quantitative estimate of drug-likeness (QED) is 0.509. The Morgan fingerprint density at radius 2 is 1.89 bits per heavy atom. The number of rotatable bonds is 5. The van der Waals surface area contributed by atoms with Crippen LogP contribution in [0.1, 0.15) is 17.3 Å². The second kappa shape index (κ2) is 6.92. The Morgan fingerprint density at radius 1 is 1.07 bits per heavy atom. The summed E-state index contributed by atoms with van der Waals surface area (Å²) in [6.45, 7) is 1.97. The molecule has 2 heterocycles. The third-order valence-electron chi connectivity index (χ3n) is 4.55. The van der Waals surface area contributed by atoms with Crippen LogP contribution in [0, 0.1) is 6.92 Å². The maximum atomic E-state index is 11.9. The number of hydrogen-bond acceptors (Lipinski definition) is 4. The molecule has 0 bridgehead atoms. The number of pyridine rings is 1. The number of fused-ring (bicyclic) bond motifs is 1. The molecular weight excluding hydrogens is 338 g/mol. The highest BCUT2D eigenvalue weighted by Crippen LogP contribution is 2.27. The Balaban J connectivity index is 1.67. The first-order chi connectivity index (χ1) is 13.1. The topological polar surface area (TPSA) is 96.7 Å². The molecule has 134 valence electrons. The van der Waals surface area contributed by atoms with Gasteiger partial charge in [-0.1, -0.05) is 36.4 Å². The zero-order valence-corrected chi connectivity index (χ0v) is 14.8. The van der Waals surface area contributed by atoms with E-state index in [2.05, 4.69) is 26.6 Å². The van der Waals surface area contributed by atoms with E-state index in [0.29, 0.717) is 0 Å². The van der Waals surface area contributed by atoms with Crippen molar-refractivity contribution in [2.75, 3.05) is 5.32 Å². The van der Waals surface area contributed by atoms with Gasteiger partial charge in [0.25, 0.3) is 0 Å². The van der Waals surface area contributed by atoms with Gasteiger partial charge < -0.3 is 11.1 Å². The van der Waals surface area contributed by atoms with Crippen molar-refractivity contribution in [3.05, 3.63) is 78.2 Å². The van der Waals surface area contributed by atoms with Crippen molar-refractivity contribution in [1.29, 1.82) is 0 Å². The van der Waals surface area contributed by atoms with Gasteiger partial charge in [-0.2, -0.15) is 5.10 Å². The Morgan fingerprint density at radius 3 is 2.67 bits per heavy atom. The zero-order chi connectivity index (χ0) is 18.8. The van der Waals surface area contributed by atoms with Crippen LogP contribution in [0.3, 0.4) is 0 Å². The molecular formula is C21H19N5O. The van der Waals surface area contributed by atoms with E-state index in [0.717, 1.165) is 39.0 Å². The van der Waals surface area contributed by atoms with Crippen LogP contribution in [0.15, 0.2) is 67.0 Å². The number of H-pyrrole nitrogens is 1. The van der Waals surface area contributed by atoms with Crippen molar-refractivity contribution in [2.45, 2.75) is 13.0 Å². The van der Waals surface area contributed by atoms with Crippen LogP contribution in [0.5, 0.6) is 0 Å². The smallest absolute Gasteiger partial charge is 0.244 e. The van der Waals surface area contributed by atoms with E-state index in [9.17, 15) is 4.79 Å². The highest BCUT2D eigenvalue weighted by molar-refractivity contribution is 5.87. The van der Waals surface area contributed by atoms with Gasteiger partial charge in [-0.3, -0.25) is 14.9 Å². The van der Waals surface area contributed by atoms with Crippen LogP contribution in [0.2, 0.25) is 0 Å². The number of hydrogen-bond donors (Lipinski definition) is 3. The SMILES string of the molecule is Cc1n[nH]c2ccc(-c3cncc(NC(C(N)=O)c4ccccc4)c3)cc12. The van der Waals surface area contributed by atoms with Gasteiger partial charge in [-0.15, -0.1) is 0 Å². The minimum atomic E-state index is -0.623. The lowest BCUT2D eigenvalue weighted by molar-refractivity contribution is -0.118. The number of benzene rings is 2. The molecule has 4 rings (SSSR count). The lowest BCUT2D eigenvalue weighted by atomic mass is 10.0. The summed E-state index contributed by atoms with van der Waals surface area (Å²) in [6, 6.07) is 16.8. The van der Waals surface area contributed by atoms with Crippen LogP contribution in [-0.4, -0.2) is 21.1 Å². The highest BCUT2D eigenvalue weighted by Gasteiger charge is 2.17. The molecule has 1 atom stereocenters. The van der Waals surface area contributed by atoms with E-state index in [4.69, 9.17) is 5.73 Å². The molecule has 2 aromatic carbocycles. The summed E-state index contributed by atoms with van der Waals surface area (Å²) < 4.78 is 0. The molecule has 1 amide bonds. The van der Waals surface area contributed by atoms with Crippen molar-refractivity contribution in [2.24, 2.45) is 5.73 Å². The number of aromatic nitrogens is 3. The van der Waals surface area contributed by atoms with E-state index in [-0.39, 0.29) is 0 Å². The molecule has 0 fully saturated rings. The van der Waals surface area contributed by atoms with E-state index >= 15 is 0 Å². The molecule has 6 heteroatoms. The maximum absolute atomic E-state index is 11.9. The lowest BCUT2D eigenvalue weighted by Gasteiger charge is -2.17. The summed E-state index contributed by atoms with van der Waals surface area (Å²) in [6.07, 6.45) is 3.48. The molecule has 6 nitrogen and oxygen atoms in total. The van der Waals surface area contributed by atoms with Crippen LogP contribution in [-0.2, 0) is 4.79 Å². The molecule has 0 saturated carbocycles. The van der Waals surface area contributed by atoms with Gasteiger partial charge in [0.2, 0.25) is 5.91 Å². The van der Waals surface area contributed by atoms with Gasteiger partial charge in [-0.25, -0.2) is 0 Å². The zero-order valence-electron chi connectivity index (χ0n) is 14.8. The van der Waals surface area contributed by atoms with Gasteiger partial charge >= 0.3 is 0 Å². The van der Waals surface area contributed by atoms with Gasteiger partial charge in [0, 0.05) is 17.1 Å². The molecule has 4 N–H and O–H groups in total. The molecule has 0 aliphatic heterocycles. The van der Waals surface area contributed by atoms with E-state index in [1.165, 1.54) is 0 Å². The van der Waals surface area contributed by atoms with Crippen molar-refractivity contribution >= 4 is 22.5 Å². The Labute approximate surface area is 156 Å². The number of anilines is 1. The average molecular weight is 357 g/mol. The van der Waals surface area contributed by atoms with Gasteiger partial charge in [0.05, 0.1) is 23.1 Å². The van der Waals surface area contributed by atoms with E-state index in [1.54, 1.807) is 12.4 Å². The number of nitrogens with zero attached hydrogens (tertiary/aromatic N) is 2. The third-order valence-corrected chi connectivity index (χ3v) is 4.55. The van der Waals surface area contributed by atoms with Crippen molar-refractivity contribution < 1.29 is 4.79 Å². The predicted molar refractivity (Wildman–Crippen MR) is 106 cm³/mol. The Bertz CT molecular complexity index is 1100. The summed E-state index contributed by atoms with van der Waals surface area (Å²) in [5.74, 6) is -0.443. The molecule has 4 aromatic rings. The molecule has 0 radical (unpaired) electrons. The van der Waals surface area contributed by atoms with Crippen molar-refractivity contribution in [3.8, 4) is 11.1 Å².